The number of hydrogen-bond acceptors (Lipinski definition) is 3. The predicted molar refractivity (Wildman–Crippen MR) is 67.5 cm³/mol. The molecule has 0 fully saturated rings. The lowest BCUT2D eigenvalue weighted by Crippen LogP contribution is -1.89. The first-order chi connectivity index (χ1) is 8.16. The molecule has 0 aromatic carbocycles. The number of aromatic nitrogens is 2. The fraction of sp³-hybridized carbons (Fsp3) is 0.167. The Hall–Kier alpha value is -1.88. The lowest BCUT2D eigenvalue weighted by Gasteiger charge is -1.93. The maximum absolute atomic E-state index is 10.4. The van der Waals surface area contributed by atoms with Crippen molar-refractivity contribution < 1.29 is 9.90 Å². The first-order valence-corrected chi connectivity index (χ1v) is 5.95. The number of carboxylic acid groups (broad SMARTS) is 1. The highest BCUT2D eigenvalue weighted by molar-refractivity contribution is 7.15. The molecule has 4 nitrogen and oxygen atoms in total. The van der Waals surface area contributed by atoms with Gasteiger partial charge in [0.05, 0.1) is 12.7 Å². The minimum absolute atomic E-state index is 0.0533. The maximum Gasteiger partial charge on any atom is 0.307 e. The van der Waals surface area contributed by atoms with Gasteiger partial charge in [0.2, 0.25) is 0 Å². The van der Waals surface area contributed by atoms with Gasteiger partial charge in [-0.15, -0.1) is 11.3 Å². The third-order valence-electron chi connectivity index (χ3n) is 2.26. The number of carbonyl (C=O) groups is 1. The zero-order chi connectivity index (χ0) is 12.3. The Morgan fingerprint density at radius 3 is 3.12 bits per heavy atom. The number of aryl methyl sites for hydroxylation is 1. The molecule has 0 saturated carbocycles. The van der Waals surface area contributed by atoms with Crippen LogP contribution in [0.15, 0.2) is 30.9 Å². The van der Waals surface area contributed by atoms with Crippen molar-refractivity contribution in [1.29, 1.82) is 0 Å². The smallest absolute Gasteiger partial charge is 0.307 e. The highest BCUT2D eigenvalue weighted by Gasteiger charge is 2.04. The fourth-order valence-corrected chi connectivity index (χ4v) is 2.49. The van der Waals surface area contributed by atoms with E-state index in [4.69, 9.17) is 5.11 Å². The van der Waals surface area contributed by atoms with Crippen molar-refractivity contribution in [3.05, 3.63) is 41.3 Å². The summed E-state index contributed by atoms with van der Waals surface area (Å²) in [5, 5.41) is 9.63. The highest BCUT2D eigenvalue weighted by Crippen LogP contribution is 2.26. The average Bonchev–Trinajstić information content (AvgIpc) is 2.87. The molecule has 5 heteroatoms. The fourth-order valence-electron chi connectivity index (χ4n) is 1.43. The first kappa shape index (κ1) is 11.6. The Balaban J connectivity index is 2.19. The summed E-state index contributed by atoms with van der Waals surface area (Å²) in [4.78, 5) is 15.5. The van der Waals surface area contributed by atoms with Gasteiger partial charge in [-0.3, -0.25) is 9.36 Å². The summed E-state index contributed by atoms with van der Waals surface area (Å²) >= 11 is 1.61. The molecule has 2 heterocycles. The van der Waals surface area contributed by atoms with Gasteiger partial charge in [0, 0.05) is 17.3 Å². The molecule has 0 spiro atoms. The van der Waals surface area contributed by atoms with Crippen LogP contribution in [0.2, 0.25) is 0 Å². The van der Waals surface area contributed by atoms with Crippen LogP contribution in [0.4, 0.5) is 0 Å². The van der Waals surface area contributed by atoms with Crippen LogP contribution in [0, 0.1) is 6.92 Å². The summed E-state index contributed by atoms with van der Waals surface area (Å²) in [6.45, 7) is 2.01. The molecule has 0 radical (unpaired) electrons. The number of hydrogen-bond donors (Lipinski definition) is 1. The largest absolute Gasteiger partial charge is 0.481 e. The van der Waals surface area contributed by atoms with Gasteiger partial charge in [0.15, 0.2) is 0 Å². The summed E-state index contributed by atoms with van der Waals surface area (Å²) in [6, 6.07) is 2.06. The van der Waals surface area contributed by atoms with Gasteiger partial charge in [-0.2, -0.15) is 0 Å². The Labute approximate surface area is 103 Å². The molecular formula is C12H12N2O2S. The van der Waals surface area contributed by atoms with Gasteiger partial charge in [-0.25, -0.2) is 4.98 Å². The van der Waals surface area contributed by atoms with E-state index < -0.39 is 5.97 Å². The second kappa shape index (κ2) is 4.97. The van der Waals surface area contributed by atoms with E-state index in [0.717, 1.165) is 15.4 Å². The van der Waals surface area contributed by atoms with Crippen LogP contribution < -0.4 is 0 Å². The van der Waals surface area contributed by atoms with Crippen LogP contribution in [0.1, 0.15) is 16.9 Å². The van der Waals surface area contributed by atoms with Crippen molar-refractivity contribution in [2.24, 2.45) is 0 Å². The van der Waals surface area contributed by atoms with Crippen LogP contribution in [0.3, 0.4) is 0 Å². The maximum atomic E-state index is 10.4. The van der Waals surface area contributed by atoms with E-state index >= 15 is 0 Å². The molecule has 0 aliphatic heterocycles. The van der Waals surface area contributed by atoms with E-state index in [1.807, 2.05) is 23.8 Å². The van der Waals surface area contributed by atoms with Gasteiger partial charge in [0.1, 0.15) is 5.00 Å². The molecule has 2 rings (SSSR count). The summed E-state index contributed by atoms with van der Waals surface area (Å²) in [7, 11) is 0. The Morgan fingerprint density at radius 1 is 1.65 bits per heavy atom. The van der Waals surface area contributed by atoms with Crippen LogP contribution in [0.5, 0.6) is 0 Å². The highest BCUT2D eigenvalue weighted by atomic mass is 32.1. The number of imidazole rings is 1. The monoisotopic (exact) mass is 248 g/mol. The topological polar surface area (TPSA) is 55.1 Å². The zero-order valence-corrected chi connectivity index (χ0v) is 10.1. The Morgan fingerprint density at radius 2 is 2.47 bits per heavy atom. The Kier molecular flexibility index (Phi) is 3.39. The minimum atomic E-state index is -0.815. The number of aliphatic carboxylic acids is 1. The van der Waals surface area contributed by atoms with Gasteiger partial charge in [0.25, 0.3) is 0 Å². The van der Waals surface area contributed by atoms with E-state index in [1.165, 1.54) is 0 Å². The lowest BCUT2D eigenvalue weighted by molar-refractivity contribution is -0.135. The number of nitrogens with zero attached hydrogens (tertiary/aromatic N) is 2. The predicted octanol–water partition coefficient (Wildman–Crippen LogP) is 2.73. The van der Waals surface area contributed by atoms with E-state index in [0.29, 0.717) is 0 Å². The van der Waals surface area contributed by atoms with Crippen molar-refractivity contribution in [2.75, 3.05) is 0 Å². The molecule has 88 valence electrons. The molecule has 1 N–H and O–H groups in total. The van der Waals surface area contributed by atoms with E-state index in [1.54, 1.807) is 29.9 Å². The van der Waals surface area contributed by atoms with E-state index in [2.05, 4.69) is 11.1 Å². The summed E-state index contributed by atoms with van der Waals surface area (Å²) in [5.74, 6) is -0.815. The lowest BCUT2D eigenvalue weighted by atomic mass is 10.2. The molecular weight excluding hydrogens is 236 g/mol. The Bertz CT molecular complexity index is 541. The van der Waals surface area contributed by atoms with Crippen LogP contribution in [-0.2, 0) is 4.79 Å². The molecule has 0 atom stereocenters. The van der Waals surface area contributed by atoms with E-state index in [9.17, 15) is 4.79 Å². The van der Waals surface area contributed by atoms with Crippen LogP contribution in [0.25, 0.3) is 11.1 Å². The van der Waals surface area contributed by atoms with Crippen molar-refractivity contribution in [3.63, 3.8) is 0 Å². The molecule has 0 saturated heterocycles. The number of thiophene rings is 1. The van der Waals surface area contributed by atoms with Gasteiger partial charge in [-0.1, -0.05) is 6.08 Å². The SMILES string of the molecule is Cc1cc(-n2ccnc2)sc1C=CCC(=O)O. The molecule has 0 unspecified atom stereocenters. The van der Waals surface area contributed by atoms with Crippen LogP contribution >= 0.6 is 11.3 Å². The summed E-state index contributed by atoms with van der Waals surface area (Å²) in [5.41, 5.74) is 1.14. The molecule has 17 heavy (non-hydrogen) atoms. The molecule has 2 aromatic rings. The van der Waals surface area contributed by atoms with Crippen molar-refractivity contribution in [1.82, 2.24) is 9.55 Å². The third kappa shape index (κ3) is 2.82. The summed E-state index contributed by atoms with van der Waals surface area (Å²) < 4.78 is 1.94. The average molecular weight is 248 g/mol. The summed E-state index contributed by atoms with van der Waals surface area (Å²) in [6.07, 6.45) is 8.94. The molecule has 0 amide bonds. The minimum Gasteiger partial charge on any atom is -0.481 e. The van der Waals surface area contributed by atoms with Gasteiger partial charge >= 0.3 is 5.97 Å². The second-order valence-corrected chi connectivity index (χ2v) is 4.66. The molecule has 2 aromatic heterocycles. The standard InChI is InChI=1S/C12H12N2O2S/c1-9-7-11(14-6-5-13-8-14)17-10(9)3-2-4-12(15)16/h2-3,5-8H,4H2,1H3,(H,15,16). The normalized spacial score (nSPS) is 11.1. The molecule has 0 aliphatic carbocycles. The zero-order valence-electron chi connectivity index (χ0n) is 9.33. The van der Waals surface area contributed by atoms with Crippen LogP contribution in [-0.4, -0.2) is 20.6 Å². The second-order valence-electron chi connectivity index (χ2n) is 3.60. The van der Waals surface area contributed by atoms with Crippen molar-refractivity contribution in [2.45, 2.75) is 13.3 Å². The van der Waals surface area contributed by atoms with E-state index in [-0.39, 0.29) is 6.42 Å². The van der Waals surface area contributed by atoms with Gasteiger partial charge < -0.3 is 5.11 Å². The van der Waals surface area contributed by atoms with Gasteiger partial charge in [-0.05, 0) is 24.6 Å². The van der Waals surface area contributed by atoms with Crippen molar-refractivity contribution >= 4 is 23.4 Å². The number of rotatable bonds is 4. The number of carboxylic acids is 1. The molecule has 0 aliphatic rings. The molecule has 0 bridgehead atoms. The third-order valence-corrected chi connectivity index (χ3v) is 3.48. The first-order valence-electron chi connectivity index (χ1n) is 5.14. The van der Waals surface area contributed by atoms with Crippen molar-refractivity contribution in [3.8, 4) is 5.00 Å². The quantitative estimate of drug-likeness (QED) is 0.905.